The first-order valence-corrected chi connectivity index (χ1v) is 10.3. The van der Waals surface area contributed by atoms with E-state index in [1.807, 2.05) is 24.7 Å². The first-order valence-electron chi connectivity index (χ1n) is 10.3. The molecule has 1 saturated carbocycles. The summed E-state index contributed by atoms with van der Waals surface area (Å²) in [7, 11) is 0. The number of H-pyrrole nitrogens is 1. The summed E-state index contributed by atoms with van der Waals surface area (Å²) in [5.41, 5.74) is 3.78. The minimum Gasteiger partial charge on any atom is -0.311 e. The maximum absolute atomic E-state index is 4.27. The Hall–Kier alpha value is -1.72. The van der Waals surface area contributed by atoms with Crippen LogP contribution in [0, 0.1) is 0 Å². The van der Waals surface area contributed by atoms with Gasteiger partial charge >= 0.3 is 0 Å². The van der Waals surface area contributed by atoms with E-state index in [2.05, 4.69) is 31.5 Å². The second-order valence-electron chi connectivity index (χ2n) is 7.95. The van der Waals surface area contributed by atoms with E-state index in [4.69, 9.17) is 0 Å². The van der Waals surface area contributed by atoms with Crippen molar-refractivity contribution in [1.29, 1.82) is 0 Å². The molecule has 2 aliphatic rings. The van der Waals surface area contributed by atoms with E-state index in [1.165, 1.54) is 70.0 Å². The standard InChI is InChI=1S/C21H31N5/c1-3-9-21(10-4-1,26-12-5-2-6-13-26)17-23-15-19-16-24-25-20(19)18-8-7-11-22-14-18/h7-8,11,14,16,23H,1-6,9-10,12-13,15,17H2,(H,24,25). The summed E-state index contributed by atoms with van der Waals surface area (Å²) in [6.45, 7) is 4.52. The molecule has 0 spiro atoms. The molecular formula is C21H31N5. The lowest BCUT2D eigenvalue weighted by Crippen LogP contribution is -2.57. The van der Waals surface area contributed by atoms with Crippen LogP contribution in [0.4, 0.5) is 0 Å². The van der Waals surface area contributed by atoms with Gasteiger partial charge in [-0.2, -0.15) is 5.10 Å². The number of rotatable bonds is 6. The molecule has 2 fully saturated rings. The summed E-state index contributed by atoms with van der Waals surface area (Å²) in [6, 6.07) is 4.06. The van der Waals surface area contributed by atoms with Gasteiger partial charge in [-0.3, -0.25) is 15.0 Å². The molecule has 26 heavy (non-hydrogen) atoms. The van der Waals surface area contributed by atoms with Crippen LogP contribution in [0.2, 0.25) is 0 Å². The summed E-state index contributed by atoms with van der Waals surface area (Å²) in [5, 5.41) is 11.2. The van der Waals surface area contributed by atoms with E-state index >= 15 is 0 Å². The van der Waals surface area contributed by atoms with E-state index in [1.54, 1.807) is 0 Å². The van der Waals surface area contributed by atoms with Gasteiger partial charge < -0.3 is 5.32 Å². The van der Waals surface area contributed by atoms with E-state index in [9.17, 15) is 0 Å². The van der Waals surface area contributed by atoms with Crippen LogP contribution in [-0.2, 0) is 6.54 Å². The van der Waals surface area contributed by atoms with Crippen LogP contribution in [0.5, 0.6) is 0 Å². The smallest absolute Gasteiger partial charge is 0.0710 e. The summed E-state index contributed by atoms with van der Waals surface area (Å²) in [5.74, 6) is 0. The molecule has 2 aromatic heterocycles. The highest BCUT2D eigenvalue weighted by Gasteiger charge is 2.37. The van der Waals surface area contributed by atoms with Crippen molar-refractivity contribution in [3.63, 3.8) is 0 Å². The van der Waals surface area contributed by atoms with Crippen molar-refractivity contribution in [2.75, 3.05) is 19.6 Å². The molecule has 0 aromatic carbocycles. The zero-order valence-electron chi connectivity index (χ0n) is 15.7. The molecular weight excluding hydrogens is 322 g/mol. The van der Waals surface area contributed by atoms with Crippen LogP contribution in [-0.4, -0.2) is 45.3 Å². The maximum Gasteiger partial charge on any atom is 0.0710 e. The molecule has 0 radical (unpaired) electrons. The van der Waals surface area contributed by atoms with Gasteiger partial charge in [0.05, 0.1) is 11.9 Å². The van der Waals surface area contributed by atoms with Gasteiger partial charge in [0, 0.05) is 42.1 Å². The Morgan fingerprint density at radius 2 is 1.85 bits per heavy atom. The second-order valence-corrected chi connectivity index (χ2v) is 7.95. The minimum absolute atomic E-state index is 0.372. The molecule has 3 heterocycles. The monoisotopic (exact) mass is 353 g/mol. The number of hydrogen-bond donors (Lipinski definition) is 2. The third-order valence-corrected chi connectivity index (χ3v) is 6.25. The molecule has 0 atom stereocenters. The lowest BCUT2D eigenvalue weighted by Gasteiger charge is -2.48. The molecule has 1 aliphatic heterocycles. The summed E-state index contributed by atoms with van der Waals surface area (Å²) in [6.07, 6.45) is 16.7. The van der Waals surface area contributed by atoms with Crippen LogP contribution >= 0.6 is 0 Å². The van der Waals surface area contributed by atoms with Gasteiger partial charge in [0.15, 0.2) is 0 Å². The molecule has 5 heteroatoms. The van der Waals surface area contributed by atoms with Crippen LogP contribution in [0.1, 0.15) is 56.9 Å². The van der Waals surface area contributed by atoms with Crippen LogP contribution in [0.25, 0.3) is 11.3 Å². The van der Waals surface area contributed by atoms with Crippen LogP contribution in [0.3, 0.4) is 0 Å². The Kier molecular flexibility index (Phi) is 5.65. The van der Waals surface area contributed by atoms with Crippen molar-refractivity contribution in [3.05, 3.63) is 36.3 Å². The lowest BCUT2D eigenvalue weighted by atomic mass is 9.79. The molecule has 140 valence electrons. The van der Waals surface area contributed by atoms with Crippen molar-refractivity contribution < 1.29 is 0 Å². The number of pyridine rings is 1. The normalized spacial score (nSPS) is 20.9. The summed E-state index contributed by atoms with van der Waals surface area (Å²) in [4.78, 5) is 7.04. The van der Waals surface area contributed by atoms with E-state index in [0.29, 0.717) is 5.54 Å². The van der Waals surface area contributed by atoms with Gasteiger partial charge in [-0.05, 0) is 50.9 Å². The predicted octanol–water partition coefficient (Wildman–Crippen LogP) is 3.75. The van der Waals surface area contributed by atoms with Crippen molar-refractivity contribution in [1.82, 2.24) is 25.4 Å². The molecule has 0 amide bonds. The Balaban J connectivity index is 1.42. The fourth-order valence-electron chi connectivity index (χ4n) is 4.82. The quantitative estimate of drug-likeness (QED) is 0.830. The fraction of sp³-hybridized carbons (Fsp3) is 0.619. The van der Waals surface area contributed by atoms with Gasteiger partial charge in [0.1, 0.15) is 0 Å². The molecule has 2 N–H and O–H groups in total. The molecule has 4 rings (SSSR count). The van der Waals surface area contributed by atoms with E-state index in [-0.39, 0.29) is 0 Å². The van der Waals surface area contributed by atoms with Crippen molar-refractivity contribution in [2.24, 2.45) is 0 Å². The van der Waals surface area contributed by atoms with Crippen LogP contribution in [0.15, 0.2) is 30.7 Å². The Labute approximate surface area is 156 Å². The van der Waals surface area contributed by atoms with Gasteiger partial charge in [0.2, 0.25) is 0 Å². The highest BCUT2D eigenvalue weighted by Crippen LogP contribution is 2.35. The second kappa shape index (κ2) is 8.31. The Morgan fingerprint density at radius 3 is 2.62 bits per heavy atom. The number of hydrogen-bond acceptors (Lipinski definition) is 4. The number of aromatic nitrogens is 3. The topological polar surface area (TPSA) is 56.8 Å². The zero-order chi connectivity index (χ0) is 17.7. The average Bonchev–Trinajstić information content (AvgIpc) is 3.19. The molecule has 5 nitrogen and oxygen atoms in total. The number of aromatic amines is 1. The SMILES string of the molecule is c1cncc(-c2[nH]ncc2CNCC2(N3CCCCC3)CCCCC2)c1. The lowest BCUT2D eigenvalue weighted by molar-refractivity contribution is 0.0333. The summed E-state index contributed by atoms with van der Waals surface area (Å²) >= 11 is 0. The fourth-order valence-corrected chi connectivity index (χ4v) is 4.82. The maximum atomic E-state index is 4.27. The van der Waals surface area contributed by atoms with E-state index < -0.39 is 0 Å². The van der Waals surface area contributed by atoms with Gasteiger partial charge in [-0.25, -0.2) is 0 Å². The zero-order valence-corrected chi connectivity index (χ0v) is 15.7. The number of nitrogens with zero attached hydrogens (tertiary/aromatic N) is 3. The largest absolute Gasteiger partial charge is 0.311 e. The van der Waals surface area contributed by atoms with Gasteiger partial charge in [0.25, 0.3) is 0 Å². The van der Waals surface area contributed by atoms with Crippen LogP contribution < -0.4 is 5.32 Å². The first kappa shape index (κ1) is 17.7. The molecule has 0 bridgehead atoms. The highest BCUT2D eigenvalue weighted by molar-refractivity contribution is 5.61. The average molecular weight is 354 g/mol. The number of piperidine rings is 1. The molecule has 1 saturated heterocycles. The third-order valence-electron chi connectivity index (χ3n) is 6.25. The third kappa shape index (κ3) is 3.84. The first-order chi connectivity index (χ1) is 12.9. The Morgan fingerprint density at radius 1 is 1.04 bits per heavy atom. The molecule has 0 unspecified atom stereocenters. The molecule has 2 aromatic rings. The Bertz CT molecular complexity index is 669. The summed E-state index contributed by atoms with van der Waals surface area (Å²) < 4.78 is 0. The number of nitrogens with one attached hydrogen (secondary N) is 2. The predicted molar refractivity (Wildman–Crippen MR) is 105 cm³/mol. The number of likely N-dealkylation sites (tertiary alicyclic amines) is 1. The van der Waals surface area contributed by atoms with Crippen molar-refractivity contribution in [3.8, 4) is 11.3 Å². The van der Waals surface area contributed by atoms with E-state index in [0.717, 1.165) is 24.3 Å². The minimum atomic E-state index is 0.372. The van der Waals surface area contributed by atoms with Gasteiger partial charge in [-0.1, -0.05) is 25.7 Å². The van der Waals surface area contributed by atoms with Gasteiger partial charge in [-0.15, -0.1) is 0 Å². The van der Waals surface area contributed by atoms with Crippen molar-refractivity contribution in [2.45, 2.75) is 63.5 Å². The molecule has 1 aliphatic carbocycles. The van der Waals surface area contributed by atoms with Crippen molar-refractivity contribution >= 4 is 0 Å². The highest BCUT2D eigenvalue weighted by atomic mass is 15.2.